The molecule has 0 aromatic carbocycles. The van der Waals surface area contributed by atoms with E-state index in [9.17, 15) is 13.2 Å². The first-order valence-electron chi connectivity index (χ1n) is 6.71. The molecule has 1 unspecified atom stereocenters. The maximum absolute atomic E-state index is 12.5. The lowest BCUT2D eigenvalue weighted by atomic mass is 10.2. The van der Waals surface area contributed by atoms with Crippen LogP contribution < -0.4 is 0 Å². The Morgan fingerprint density at radius 2 is 2.24 bits per heavy atom. The average molecular weight is 316 g/mol. The molecule has 2 heterocycles. The lowest BCUT2D eigenvalue weighted by Gasteiger charge is -2.19. The molecule has 0 saturated carbocycles. The van der Waals surface area contributed by atoms with Gasteiger partial charge in [-0.05, 0) is 20.5 Å². The largest absolute Gasteiger partial charge is 0.481 e. The van der Waals surface area contributed by atoms with Gasteiger partial charge in [0.25, 0.3) is 0 Å². The molecule has 2 rings (SSSR count). The molecule has 1 fully saturated rings. The quantitative estimate of drug-likeness (QED) is 0.773. The van der Waals surface area contributed by atoms with Crippen LogP contribution in [0.2, 0.25) is 0 Å². The van der Waals surface area contributed by atoms with E-state index >= 15 is 0 Å². The zero-order valence-electron chi connectivity index (χ0n) is 12.1. The van der Waals surface area contributed by atoms with E-state index in [-0.39, 0.29) is 23.9 Å². The molecule has 1 N–H and O–H groups in total. The van der Waals surface area contributed by atoms with Crippen LogP contribution in [0.1, 0.15) is 12.8 Å². The number of aromatic nitrogens is 2. The fraction of sp³-hybridized carbons (Fsp3) is 0.667. The van der Waals surface area contributed by atoms with Crippen molar-refractivity contribution < 1.29 is 18.3 Å². The van der Waals surface area contributed by atoms with Gasteiger partial charge < -0.3 is 10.0 Å². The van der Waals surface area contributed by atoms with Crippen molar-refractivity contribution >= 4 is 16.0 Å². The molecule has 1 aliphatic heterocycles. The minimum Gasteiger partial charge on any atom is -0.481 e. The predicted octanol–water partition coefficient (Wildman–Crippen LogP) is -0.318. The lowest BCUT2D eigenvalue weighted by molar-refractivity contribution is -0.137. The highest BCUT2D eigenvalue weighted by molar-refractivity contribution is 7.89. The number of sulfonamides is 1. The predicted molar refractivity (Wildman–Crippen MR) is 75.3 cm³/mol. The summed E-state index contributed by atoms with van der Waals surface area (Å²) < 4.78 is 27.8. The van der Waals surface area contributed by atoms with Gasteiger partial charge in [0.05, 0.1) is 19.2 Å². The van der Waals surface area contributed by atoms with Crippen molar-refractivity contribution in [3.63, 3.8) is 0 Å². The van der Waals surface area contributed by atoms with Gasteiger partial charge in [-0.25, -0.2) is 8.42 Å². The Hall–Kier alpha value is -1.45. The molecule has 0 spiro atoms. The zero-order chi connectivity index (χ0) is 15.6. The van der Waals surface area contributed by atoms with Crippen molar-refractivity contribution in [1.82, 2.24) is 19.0 Å². The number of likely N-dealkylation sites (N-methyl/N-ethyl adjacent to an activating group) is 1. The number of carboxylic acids is 1. The number of carboxylic acid groups (broad SMARTS) is 1. The third-order valence-corrected chi connectivity index (χ3v) is 5.48. The van der Waals surface area contributed by atoms with Crippen LogP contribution >= 0.6 is 0 Å². The number of carbonyl (C=O) groups is 1. The highest BCUT2D eigenvalue weighted by Gasteiger charge is 2.34. The third-order valence-electron chi connectivity index (χ3n) is 3.66. The summed E-state index contributed by atoms with van der Waals surface area (Å²) in [6.07, 6.45) is 3.38. The van der Waals surface area contributed by atoms with E-state index in [2.05, 4.69) is 5.10 Å². The minimum absolute atomic E-state index is 0.0897. The molecular formula is C12H20N4O4S. The van der Waals surface area contributed by atoms with E-state index in [0.29, 0.717) is 13.1 Å². The molecule has 21 heavy (non-hydrogen) atoms. The summed E-state index contributed by atoms with van der Waals surface area (Å²) in [4.78, 5) is 12.7. The molecule has 0 radical (unpaired) electrons. The molecule has 1 aliphatic rings. The highest BCUT2D eigenvalue weighted by Crippen LogP contribution is 2.22. The van der Waals surface area contributed by atoms with Crippen LogP contribution in [-0.4, -0.2) is 71.7 Å². The van der Waals surface area contributed by atoms with E-state index in [1.807, 2.05) is 19.0 Å². The fourth-order valence-electron chi connectivity index (χ4n) is 2.31. The monoisotopic (exact) mass is 316 g/mol. The van der Waals surface area contributed by atoms with Crippen molar-refractivity contribution in [3.05, 3.63) is 12.4 Å². The first-order chi connectivity index (χ1) is 9.80. The molecule has 0 aliphatic carbocycles. The number of hydrogen-bond donors (Lipinski definition) is 1. The van der Waals surface area contributed by atoms with Gasteiger partial charge in [0, 0.05) is 25.3 Å². The smallest absolute Gasteiger partial charge is 0.305 e. The average Bonchev–Trinajstić information content (AvgIpc) is 3.06. The summed E-state index contributed by atoms with van der Waals surface area (Å²) in [6.45, 7) is 1.12. The van der Waals surface area contributed by atoms with Gasteiger partial charge in [-0.1, -0.05) is 0 Å². The van der Waals surface area contributed by atoms with Gasteiger partial charge >= 0.3 is 5.97 Å². The second-order valence-corrected chi connectivity index (χ2v) is 7.29. The fourth-order valence-corrected chi connectivity index (χ4v) is 3.76. The van der Waals surface area contributed by atoms with Crippen molar-refractivity contribution in [2.75, 3.05) is 27.2 Å². The van der Waals surface area contributed by atoms with Gasteiger partial charge in [-0.15, -0.1) is 0 Å². The van der Waals surface area contributed by atoms with Crippen molar-refractivity contribution in [2.45, 2.75) is 30.3 Å². The van der Waals surface area contributed by atoms with Crippen LogP contribution in [0.25, 0.3) is 0 Å². The van der Waals surface area contributed by atoms with Gasteiger partial charge in [-0.3, -0.25) is 9.48 Å². The number of nitrogens with zero attached hydrogens (tertiary/aromatic N) is 4. The molecule has 0 bridgehead atoms. The van der Waals surface area contributed by atoms with Gasteiger partial charge in [0.2, 0.25) is 10.0 Å². The molecule has 1 aromatic heterocycles. The number of aliphatic carboxylic acids is 1. The van der Waals surface area contributed by atoms with Crippen LogP contribution in [-0.2, 0) is 21.4 Å². The lowest BCUT2D eigenvalue weighted by Crippen LogP contribution is -2.34. The maximum atomic E-state index is 12.5. The SMILES string of the molecule is CN(C)C1CCN(S(=O)(=O)c2cnn(CCC(=O)O)c2)C1. The summed E-state index contributed by atoms with van der Waals surface area (Å²) in [5, 5.41) is 12.5. The first-order valence-corrected chi connectivity index (χ1v) is 8.15. The number of hydrogen-bond acceptors (Lipinski definition) is 5. The number of aryl methyl sites for hydroxylation is 1. The summed E-state index contributed by atoms with van der Waals surface area (Å²) in [6, 6.07) is 0.224. The summed E-state index contributed by atoms with van der Waals surface area (Å²) in [5.74, 6) is -0.941. The Morgan fingerprint density at radius 1 is 1.52 bits per heavy atom. The van der Waals surface area contributed by atoms with Crippen LogP contribution in [0.5, 0.6) is 0 Å². The van der Waals surface area contributed by atoms with E-state index < -0.39 is 16.0 Å². The Bertz CT molecular complexity index is 611. The van der Waals surface area contributed by atoms with Crippen LogP contribution in [0, 0.1) is 0 Å². The van der Waals surface area contributed by atoms with Crippen molar-refractivity contribution in [1.29, 1.82) is 0 Å². The molecule has 8 nitrogen and oxygen atoms in total. The normalized spacial score (nSPS) is 20.2. The zero-order valence-corrected chi connectivity index (χ0v) is 13.0. The minimum atomic E-state index is -3.55. The van der Waals surface area contributed by atoms with Crippen molar-refractivity contribution in [2.24, 2.45) is 0 Å². The Balaban J connectivity index is 2.08. The summed E-state index contributed by atoms with van der Waals surface area (Å²) in [7, 11) is 0.324. The van der Waals surface area contributed by atoms with E-state index in [4.69, 9.17) is 5.11 Å². The van der Waals surface area contributed by atoms with Crippen LogP contribution in [0.3, 0.4) is 0 Å². The van der Waals surface area contributed by atoms with Gasteiger partial charge in [0.1, 0.15) is 4.90 Å². The Morgan fingerprint density at radius 3 is 2.81 bits per heavy atom. The van der Waals surface area contributed by atoms with Gasteiger partial charge in [0.15, 0.2) is 0 Å². The van der Waals surface area contributed by atoms with Crippen LogP contribution in [0.4, 0.5) is 0 Å². The molecule has 1 aromatic rings. The Labute approximate surface area is 124 Å². The maximum Gasteiger partial charge on any atom is 0.305 e. The molecular weight excluding hydrogens is 296 g/mol. The van der Waals surface area contributed by atoms with E-state index in [0.717, 1.165) is 6.42 Å². The second-order valence-electron chi connectivity index (χ2n) is 5.35. The third kappa shape index (κ3) is 3.60. The molecule has 1 atom stereocenters. The first kappa shape index (κ1) is 15.9. The molecule has 9 heteroatoms. The number of rotatable bonds is 6. The summed E-state index contributed by atoms with van der Waals surface area (Å²) in [5.41, 5.74) is 0. The Kier molecular flexibility index (Phi) is 4.64. The van der Waals surface area contributed by atoms with E-state index in [1.165, 1.54) is 21.4 Å². The molecule has 118 valence electrons. The molecule has 0 amide bonds. The van der Waals surface area contributed by atoms with Crippen LogP contribution in [0.15, 0.2) is 17.3 Å². The summed E-state index contributed by atoms with van der Waals surface area (Å²) >= 11 is 0. The van der Waals surface area contributed by atoms with Crippen molar-refractivity contribution in [3.8, 4) is 0 Å². The topological polar surface area (TPSA) is 95.7 Å². The second kappa shape index (κ2) is 6.12. The standard InChI is InChI=1S/C12H20N4O4S/c1-14(2)10-3-6-16(8-10)21(19,20)11-7-13-15(9-11)5-4-12(17)18/h7,9-10H,3-6,8H2,1-2H3,(H,17,18). The molecule has 1 saturated heterocycles. The van der Waals surface area contributed by atoms with Gasteiger partial charge in [-0.2, -0.15) is 9.40 Å². The van der Waals surface area contributed by atoms with E-state index in [1.54, 1.807) is 0 Å². The highest BCUT2D eigenvalue weighted by atomic mass is 32.2.